The monoisotopic (exact) mass is 412 g/mol. The maximum atomic E-state index is 13.5. The van der Waals surface area contributed by atoms with Gasteiger partial charge in [-0.3, -0.25) is 14.9 Å². The third-order valence-corrected chi connectivity index (χ3v) is 4.82. The van der Waals surface area contributed by atoms with Gasteiger partial charge in [0.1, 0.15) is 5.82 Å². The second-order valence-corrected chi connectivity index (χ2v) is 6.74. The van der Waals surface area contributed by atoms with E-state index in [-0.39, 0.29) is 18.3 Å². The standard InChI is InChI=1S/C21H17FN2O6/c1-12-7-16(13(2)23(12)15-4-6-19-21(9-15)30-11-29-19)18(25)10-28-20-8-14(22)3-5-17(20)24(26)27/h3-9H,10-11H2,1-2H3. The number of rotatable bonds is 6. The van der Waals surface area contributed by atoms with E-state index in [0.29, 0.717) is 22.8 Å². The van der Waals surface area contributed by atoms with Crippen LogP contribution in [0.3, 0.4) is 0 Å². The van der Waals surface area contributed by atoms with Gasteiger partial charge in [-0.15, -0.1) is 0 Å². The molecule has 0 saturated carbocycles. The highest BCUT2D eigenvalue weighted by atomic mass is 19.1. The number of hydrogen-bond donors (Lipinski definition) is 0. The summed E-state index contributed by atoms with van der Waals surface area (Å²) >= 11 is 0. The Bertz CT molecular complexity index is 1170. The van der Waals surface area contributed by atoms with Gasteiger partial charge in [0.05, 0.1) is 4.92 Å². The van der Waals surface area contributed by atoms with Crippen LogP contribution in [-0.2, 0) is 0 Å². The first-order valence-electron chi connectivity index (χ1n) is 9.04. The fourth-order valence-electron chi connectivity index (χ4n) is 3.44. The molecule has 154 valence electrons. The minimum atomic E-state index is -0.691. The molecule has 0 saturated heterocycles. The van der Waals surface area contributed by atoms with Crippen LogP contribution in [0.5, 0.6) is 17.2 Å². The van der Waals surface area contributed by atoms with Crippen molar-refractivity contribution in [3.05, 3.63) is 75.3 Å². The minimum absolute atomic E-state index is 0.162. The fraction of sp³-hybridized carbons (Fsp3) is 0.190. The van der Waals surface area contributed by atoms with E-state index in [9.17, 15) is 19.3 Å². The molecule has 0 unspecified atom stereocenters. The summed E-state index contributed by atoms with van der Waals surface area (Å²) in [4.78, 5) is 23.1. The lowest BCUT2D eigenvalue weighted by molar-refractivity contribution is -0.385. The van der Waals surface area contributed by atoms with Gasteiger partial charge in [-0.25, -0.2) is 4.39 Å². The van der Waals surface area contributed by atoms with Crippen molar-refractivity contribution in [1.29, 1.82) is 0 Å². The summed E-state index contributed by atoms with van der Waals surface area (Å²) in [6.07, 6.45) is 0. The minimum Gasteiger partial charge on any atom is -0.478 e. The second kappa shape index (κ2) is 7.51. The molecule has 1 aromatic heterocycles. The van der Waals surface area contributed by atoms with Crippen molar-refractivity contribution < 1.29 is 28.3 Å². The molecule has 1 aliphatic heterocycles. The first kappa shape index (κ1) is 19.4. The van der Waals surface area contributed by atoms with E-state index in [1.165, 1.54) is 0 Å². The highest BCUT2D eigenvalue weighted by molar-refractivity contribution is 5.98. The van der Waals surface area contributed by atoms with Crippen molar-refractivity contribution in [2.45, 2.75) is 13.8 Å². The number of carbonyl (C=O) groups is 1. The van der Waals surface area contributed by atoms with Crippen LogP contribution in [0.2, 0.25) is 0 Å². The van der Waals surface area contributed by atoms with Gasteiger partial charge < -0.3 is 18.8 Å². The predicted molar refractivity (Wildman–Crippen MR) is 104 cm³/mol. The first-order valence-corrected chi connectivity index (χ1v) is 9.04. The molecular formula is C21H17FN2O6. The fourth-order valence-corrected chi connectivity index (χ4v) is 3.44. The summed E-state index contributed by atoms with van der Waals surface area (Å²) in [5, 5.41) is 11.1. The lowest BCUT2D eigenvalue weighted by atomic mass is 10.1. The molecule has 4 rings (SSSR count). The molecule has 0 spiro atoms. The predicted octanol–water partition coefficient (Wildman–Crippen LogP) is 4.13. The number of nitro benzene ring substituents is 1. The quantitative estimate of drug-likeness (QED) is 0.343. The molecule has 30 heavy (non-hydrogen) atoms. The Kier molecular flexibility index (Phi) is 4.86. The molecule has 0 radical (unpaired) electrons. The Morgan fingerprint density at radius 2 is 1.93 bits per heavy atom. The number of aromatic nitrogens is 1. The molecule has 8 nitrogen and oxygen atoms in total. The Morgan fingerprint density at radius 1 is 1.17 bits per heavy atom. The Morgan fingerprint density at radius 3 is 2.70 bits per heavy atom. The number of carbonyl (C=O) groups excluding carboxylic acids is 1. The molecule has 0 aliphatic carbocycles. The highest BCUT2D eigenvalue weighted by Gasteiger charge is 2.22. The number of hydrogen-bond acceptors (Lipinski definition) is 6. The van der Waals surface area contributed by atoms with E-state index in [4.69, 9.17) is 14.2 Å². The Labute approximate surface area is 170 Å². The first-order chi connectivity index (χ1) is 14.3. The van der Waals surface area contributed by atoms with Crippen LogP contribution in [0.15, 0.2) is 42.5 Å². The van der Waals surface area contributed by atoms with E-state index in [0.717, 1.165) is 29.6 Å². The summed E-state index contributed by atoms with van der Waals surface area (Å²) < 4.78 is 31.4. The third-order valence-electron chi connectivity index (χ3n) is 4.82. The maximum absolute atomic E-state index is 13.5. The van der Waals surface area contributed by atoms with Crippen LogP contribution < -0.4 is 14.2 Å². The molecule has 0 atom stereocenters. The van der Waals surface area contributed by atoms with Crippen molar-refractivity contribution in [3.63, 3.8) is 0 Å². The van der Waals surface area contributed by atoms with Gasteiger partial charge in [-0.2, -0.15) is 0 Å². The Balaban J connectivity index is 1.59. The van der Waals surface area contributed by atoms with Crippen LogP contribution >= 0.6 is 0 Å². The lowest BCUT2D eigenvalue weighted by Gasteiger charge is -2.11. The SMILES string of the molecule is Cc1cc(C(=O)COc2cc(F)ccc2[N+](=O)[O-])c(C)n1-c1ccc2c(c1)OCO2. The molecule has 0 N–H and O–H groups in total. The third kappa shape index (κ3) is 3.45. The summed E-state index contributed by atoms with van der Waals surface area (Å²) in [7, 11) is 0. The molecule has 3 aromatic rings. The van der Waals surface area contributed by atoms with Crippen molar-refractivity contribution in [1.82, 2.24) is 4.57 Å². The molecule has 2 heterocycles. The Hall–Kier alpha value is -3.88. The number of Topliss-reactive ketones (excluding diaryl/α,β-unsaturated/α-hetero) is 1. The van der Waals surface area contributed by atoms with E-state index in [2.05, 4.69) is 0 Å². The summed E-state index contributed by atoms with van der Waals surface area (Å²) in [5.41, 5.74) is 2.29. The summed E-state index contributed by atoms with van der Waals surface area (Å²) in [6, 6.07) is 10.0. The van der Waals surface area contributed by atoms with E-state index in [1.807, 2.05) is 23.6 Å². The number of fused-ring (bicyclic) bond motifs is 1. The van der Waals surface area contributed by atoms with Crippen LogP contribution in [0, 0.1) is 29.8 Å². The average Bonchev–Trinajstić information content (AvgIpc) is 3.29. The second-order valence-electron chi connectivity index (χ2n) is 6.74. The molecule has 0 fully saturated rings. The molecule has 1 aliphatic rings. The van der Waals surface area contributed by atoms with Crippen LogP contribution in [-0.4, -0.2) is 28.7 Å². The number of nitrogens with zero attached hydrogens (tertiary/aromatic N) is 2. The van der Waals surface area contributed by atoms with Crippen LogP contribution in [0.4, 0.5) is 10.1 Å². The number of aryl methyl sites for hydroxylation is 1. The van der Waals surface area contributed by atoms with Gasteiger partial charge in [-0.05, 0) is 38.1 Å². The van der Waals surface area contributed by atoms with Crippen molar-refractivity contribution >= 4 is 11.5 Å². The van der Waals surface area contributed by atoms with Gasteiger partial charge in [-0.1, -0.05) is 0 Å². The normalized spacial score (nSPS) is 12.1. The molecule has 2 aromatic carbocycles. The number of nitro groups is 1. The van der Waals surface area contributed by atoms with E-state index in [1.54, 1.807) is 19.1 Å². The maximum Gasteiger partial charge on any atom is 0.311 e. The largest absolute Gasteiger partial charge is 0.478 e. The highest BCUT2D eigenvalue weighted by Crippen LogP contribution is 2.35. The molecule has 0 bridgehead atoms. The summed E-state index contributed by atoms with van der Waals surface area (Å²) in [6.45, 7) is 3.34. The summed E-state index contributed by atoms with van der Waals surface area (Å²) in [5.74, 6) is -0.0900. The molecule has 0 amide bonds. The zero-order valence-corrected chi connectivity index (χ0v) is 16.2. The van der Waals surface area contributed by atoms with Gasteiger partial charge in [0.25, 0.3) is 0 Å². The average molecular weight is 412 g/mol. The molecule has 9 heteroatoms. The van der Waals surface area contributed by atoms with Crippen molar-refractivity contribution in [2.75, 3.05) is 13.4 Å². The van der Waals surface area contributed by atoms with Gasteiger partial charge in [0, 0.05) is 40.8 Å². The van der Waals surface area contributed by atoms with Gasteiger partial charge >= 0.3 is 5.69 Å². The van der Waals surface area contributed by atoms with Gasteiger partial charge in [0.2, 0.25) is 12.6 Å². The van der Waals surface area contributed by atoms with E-state index >= 15 is 0 Å². The zero-order valence-electron chi connectivity index (χ0n) is 16.2. The number of ether oxygens (including phenoxy) is 3. The van der Waals surface area contributed by atoms with E-state index < -0.39 is 23.0 Å². The van der Waals surface area contributed by atoms with Crippen molar-refractivity contribution in [3.8, 4) is 22.9 Å². The number of benzene rings is 2. The topological polar surface area (TPSA) is 92.8 Å². The number of ketones is 1. The zero-order chi connectivity index (χ0) is 21.4. The molecular weight excluding hydrogens is 395 g/mol. The smallest absolute Gasteiger partial charge is 0.311 e. The van der Waals surface area contributed by atoms with Crippen molar-refractivity contribution in [2.24, 2.45) is 0 Å². The van der Waals surface area contributed by atoms with Gasteiger partial charge in [0.15, 0.2) is 23.9 Å². The number of halogens is 1. The van der Waals surface area contributed by atoms with Crippen LogP contribution in [0.25, 0.3) is 5.69 Å². The van der Waals surface area contributed by atoms with Crippen LogP contribution in [0.1, 0.15) is 21.7 Å². The lowest BCUT2D eigenvalue weighted by Crippen LogP contribution is -2.13.